The van der Waals surface area contributed by atoms with Crippen LogP contribution < -0.4 is 20.7 Å². The van der Waals surface area contributed by atoms with Crippen LogP contribution >= 0.6 is 12.4 Å². The Labute approximate surface area is 182 Å². The highest BCUT2D eigenvalue weighted by Gasteiger charge is 2.31. The third kappa shape index (κ3) is 4.95. The van der Waals surface area contributed by atoms with Crippen molar-refractivity contribution in [3.63, 3.8) is 0 Å². The molecule has 1 fully saturated rings. The number of halogens is 1. The Morgan fingerprint density at radius 3 is 2.47 bits per heavy atom. The van der Waals surface area contributed by atoms with E-state index in [4.69, 9.17) is 15.2 Å². The number of benzene rings is 2. The maximum absolute atomic E-state index is 6.10. The van der Waals surface area contributed by atoms with Crippen LogP contribution in [-0.2, 0) is 4.74 Å². The molecule has 1 atom stereocenters. The van der Waals surface area contributed by atoms with E-state index < -0.39 is 6.29 Å². The molecule has 0 bridgehead atoms. The lowest BCUT2D eigenvalue weighted by Crippen LogP contribution is -2.57. The van der Waals surface area contributed by atoms with Gasteiger partial charge in [0.1, 0.15) is 5.75 Å². The molecule has 9 heteroatoms. The number of ether oxygens (including phenoxy) is 2. The minimum atomic E-state index is -0.425. The van der Waals surface area contributed by atoms with Gasteiger partial charge in [0.15, 0.2) is 0 Å². The Hall–Kier alpha value is -2.97. The van der Waals surface area contributed by atoms with Crippen LogP contribution in [0.5, 0.6) is 5.75 Å². The van der Waals surface area contributed by atoms with Crippen LogP contribution in [0.15, 0.2) is 64.6 Å². The summed E-state index contributed by atoms with van der Waals surface area (Å²) >= 11 is 0. The molecule has 1 saturated heterocycles. The normalized spacial score (nSPS) is 18.8. The van der Waals surface area contributed by atoms with E-state index in [2.05, 4.69) is 25.1 Å². The van der Waals surface area contributed by atoms with Gasteiger partial charge in [-0.2, -0.15) is 4.99 Å². The predicted octanol–water partition coefficient (Wildman–Crippen LogP) is 2.73. The van der Waals surface area contributed by atoms with Crippen LogP contribution in [0.1, 0.15) is 6.92 Å². The lowest BCUT2D eigenvalue weighted by atomic mass is 10.2. The van der Waals surface area contributed by atoms with Crippen molar-refractivity contribution in [2.24, 2.45) is 15.7 Å². The van der Waals surface area contributed by atoms with E-state index in [9.17, 15) is 0 Å². The van der Waals surface area contributed by atoms with E-state index in [0.717, 1.165) is 36.2 Å². The smallest absolute Gasteiger partial charge is 0.222 e. The Morgan fingerprint density at radius 2 is 1.80 bits per heavy atom. The first-order chi connectivity index (χ1) is 14.2. The van der Waals surface area contributed by atoms with Crippen molar-refractivity contribution >= 4 is 35.7 Å². The van der Waals surface area contributed by atoms with Gasteiger partial charge < -0.3 is 25.4 Å². The lowest BCUT2D eigenvalue weighted by molar-refractivity contribution is 0.0671. The van der Waals surface area contributed by atoms with Crippen LogP contribution in [0, 0.1) is 0 Å². The topological polar surface area (TPSA) is 87.7 Å². The standard InChI is InChI=1S/C21H26N6O2.ClH/c1-2-29-18-10-8-16(9-11-18)23-20-24-19(22)25-21(26-12-14-28-15-13-26)27(20)17-6-4-3-5-7-17;/h3-11,20,23H,2,12-15H2,1H3,(H2,22,24);1H. The first kappa shape index (κ1) is 21.7. The molecule has 3 N–H and O–H groups in total. The zero-order valence-electron chi connectivity index (χ0n) is 16.9. The third-order valence-electron chi connectivity index (χ3n) is 4.72. The Bertz CT molecular complexity index is 869. The molecule has 0 amide bonds. The van der Waals surface area contributed by atoms with Gasteiger partial charge in [-0.1, -0.05) is 18.2 Å². The number of nitrogens with zero attached hydrogens (tertiary/aromatic N) is 4. The second-order valence-corrected chi connectivity index (χ2v) is 6.68. The minimum absolute atomic E-state index is 0. The molecule has 30 heavy (non-hydrogen) atoms. The van der Waals surface area contributed by atoms with E-state index in [1.165, 1.54) is 0 Å². The van der Waals surface area contributed by atoms with Crippen molar-refractivity contribution in [1.29, 1.82) is 0 Å². The molecule has 8 nitrogen and oxygen atoms in total. The zero-order valence-corrected chi connectivity index (χ0v) is 17.7. The van der Waals surface area contributed by atoms with Gasteiger partial charge in [-0.3, -0.25) is 4.90 Å². The summed E-state index contributed by atoms with van der Waals surface area (Å²) in [7, 11) is 0. The molecule has 2 aliphatic rings. The quantitative estimate of drug-likeness (QED) is 0.758. The Morgan fingerprint density at radius 1 is 1.10 bits per heavy atom. The molecule has 0 spiro atoms. The van der Waals surface area contributed by atoms with Gasteiger partial charge in [-0.15, -0.1) is 12.4 Å². The number of nitrogens with two attached hydrogens (primary N) is 1. The number of morpholine rings is 1. The molecule has 0 aliphatic carbocycles. The summed E-state index contributed by atoms with van der Waals surface area (Å²) in [6.45, 7) is 5.44. The monoisotopic (exact) mass is 430 g/mol. The number of guanidine groups is 2. The van der Waals surface area contributed by atoms with Gasteiger partial charge in [-0.05, 0) is 43.3 Å². The molecule has 160 valence electrons. The largest absolute Gasteiger partial charge is 0.494 e. The number of aliphatic imine (C=N–C) groups is 2. The molecule has 2 heterocycles. The van der Waals surface area contributed by atoms with E-state index in [0.29, 0.717) is 19.8 Å². The summed E-state index contributed by atoms with van der Waals surface area (Å²) < 4.78 is 11.0. The van der Waals surface area contributed by atoms with Crippen LogP contribution in [0.2, 0.25) is 0 Å². The van der Waals surface area contributed by atoms with Crippen LogP contribution in [-0.4, -0.2) is 56.0 Å². The average Bonchev–Trinajstić information content (AvgIpc) is 2.76. The van der Waals surface area contributed by atoms with Gasteiger partial charge in [-0.25, -0.2) is 4.99 Å². The van der Waals surface area contributed by atoms with Crippen molar-refractivity contribution in [1.82, 2.24) is 4.90 Å². The second-order valence-electron chi connectivity index (χ2n) is 6.68. The number of nitrogens with one attached hydrogen (secondary N) is 1. The van der Waals surface area contributed by atoms with Crippen molar-refractivity contribution < 1.29 is 9.47 Å². The lowest BCUT2D eigenvalue weighted by Gasteiger charge is -2.41. The van der Waals surface area contributed by atoms with Gasteiger partial charge in [0.25, 0.3) is 0 Å². The second kappa shape index (κ2) is 10.2. The number of hydrogen-bond acceptors (Lipinski definition) is 8. The van der Waals surface area contributed by atoms with Crippen LogP contribution in [0.3, 0.4) is 0 Å². The molecular weight excluding hydrogens is 404 g/mol. The summed E-state index contributed by atoms with van der Waals surface area (Å²) in [6, 6.07) is 17.9. The fourth-order valence-electron chi connectivity index (χ4n) is 3.37. The van der Waals surface area contributed by atoms with Crippen molar-refractivity contribution in [2.75, 3.05) is 43.1 Å². The van der Waals surface area contributed by atoms with E-state index >= 15 is 0 Å². The number of para-hydroxylation sites is 1. The molecular formula is C21H27ClN6O2. The number of hydrogen-bond donors (Lipinski definition) is 2. The zero-order chi connectivity index (χ0) is 20.1. The predicted molar refractivity (Wildman–Crippen MR) is 123 cm³/mol. The van der Waals surface area contributed by atoms with E-state index in [1.807, 2.05) is 61.5 Å². The maximum Gasteiger partial charge on any atom is 0.222 e. The first-order valence-electron chi connectivity index (χ1n) is 9.83. The first-order valence-corrected chi connectivity index (χ1v) is 9.83. The highest BCUT2D eigenvalue weighted by Crippen LogP contribution is 2.25. The summed E-state index contributed by atoms with van der Waals surface area (Å²) in [4.78, 5) is 13.4. The van der Waals surface area contributed by atoms with Crippen molar-refractivity contribution in [2.45, 2.75) is 13.2 Å². The highest BCUT2D eigenvalue weighted by molar-refractivity contribution is 6.06. The van der Waals surface area contributed by atoms with Crippen LogP contribution in [0.25, 0.3) is 0 Å². The SMILES string of the molecule is CCOc1ccc(NC2N=C(N)N=C(N3CCOCC3)N2c2ccccc2)cc1.Cl. The molecule has 0 saturated carbocycles. The van der Waals surface area contributed by atoms with E-state index in [-0.39, 0.29) is 18.4 Å². The summed E-state index contributed by atoms with van der Waals surface area (Å²) in [6.07, 6.45) is -0.425. The molecule has 4 rings (SSSR count). The fourth-order valence-corrected chi connectivity index (χ4v) is 3.37. The average molecular weight is 431 g/mol. The summed E-state index contributed by atoms with van der Waals surface area (Å²) in [5.74, 6) is 1.86. The highest BCUT2D eigenvalue weighted by atomic mass is 35.5. The Balaban J connectivity index is 0.00000256. The van der Waals surface area contributed by atoms with E-state index in [1.54, 1.807) is 0 Å². The van der Waals surface area contributed by atoms with Gasteiger partial charge in [0.05, 0.1) is 19.8 Å². The summed E-state index contributed by atoms with van der Waals surface area (Å²) in [5, 5.41) is 3.46. The van der Waals surface area contributed by atoms with Gasteiger partial charge >= 0.3 is 0 Å². The van der Waals surface area contributed by atoms with Crippen molar-refractivity contribution in [3.05, 3.63) is 54.6 Å². The molecule has 1 unspecified atom stereocenters. The number of rotatable bonds is 5. The van der Waals surface area contributed by atoms with Crippen LogP contribution in [0.4, 0.5) is 11.4 Å². The molecule has 2 aliphatic heterocycles. The maximum atomic E-state index is 6.10. The van der Waals surface area contributed by atoms with Gasteiger partial charge in [0, 0.05) is 24.5 Å². The fraction of sp³-hybridized carbons (Fsp3) is 0.333. The number of anilines is 2. The molecule has 0 radical (unpaired) electrons. The molecule has 0 aromatic heterocycles. The van der Waals surface area contributed by atoms with Gasteiger partial charge in [0.2, 0.25) is 18.2 Å². The van der Waals surface area contributed by atoms with Crippen molar-refractivity contribution in [3.8, 4) is 5.75 Å². The minimum Gasteiger partial charge on any atom is -0.494 e. The molecule has 2 aromatic carbocycles. The third-order valence-corrected chi connectivity index (χ3v) is 4.72. The summed E-state index contributed by atoms with van der Waals surface area (Å²) in [5.41, 5.74) is 8.00. The Kier molecular flexibility index (Phi) is 7.37. The molecule has 2 aromatic rings.